The Balaban J connectivity index is 2.09. The number of H-pyrrole nitrogens is 1. The third-order valence-corrected chi connectivity index (χ3v) is 5.52. The zero-order valence-electron chi connectivity index (χ0n) is 18.7. The lowest BCUT2D eigenvalue weighted by Crippen LogP contribution is -2.33. The maximum absolute atomic E-state index is 13.0. The SMILES string of the molecule is CC(C)(C)c1cc(C(C)(C)C(=O)ON)c(O)cc1NC(=O)c1c[nH]c2ccccc2c1=O. The molecular weight excluding hydrogens is 410 g/mol. The number of hydrogen-bond acceptors (Lipinski definition) is 6. The summed E-state index contributed by atoms with van der Waals surface area (Å²) in [6.07, 6.45) is 1.37. The number of anilines is 1. The molecule has 0 atom stereocenters. The number of carbonyl (C=O) groups is 2. The second-order valence-electron chi connectivity index (χ2n) is 9.23. The summed E-state index contributed by atoms with van der Waals surface area (Å²) >= 11 is 0. The van der Waals surface area contributed by atoms with Crippen molar-refractivity contribution < 1.29 is 19.5 Å². The van der Waals surface area contributed by atoms with E-state index in [1.807, 2.05) is 20.8 Å². The lowest BCUT2D eigenvalue weighted by molar-refractivity contribution is -0.150. The third kappa shape index (κ3) is 4.09. The van der Waals surface area contributed by atoms with E-state index in [-0.39, 0.29) is 11.3 Å². The standard InChI is InChI=1S/C24H27N3O5/c1-23(2,3)15-10-16(24(4,5)22(31)32-25)19(28)11-18(15)27-21(30)14-12-26-17-9-7-6-8-13(17)20(14)29/h6-12,28H,25H2,1-5H3,(H,26,29)(H,27,30). The molecule has 8 nitrogen and oxygen atoms in total. The van der Waals surface area contributed by atoms with Gasteiger partial charge in [-0.1, -0.05) is 32.9 Å². The molecule has 0 radical (unpaired) electrons. The van der Waals surface area contributed by atoms with Crippen LogP contribution in [0.2, 0.25) is 0 Å². The minimum Gasteiger partial charge on any atom is -0.508 e. The fourth-order valence-electron chi connectivity index (χ4n) is 3.60. The first-order valence-corrected chi connectivity index (χ1v) is 10.1. The van der Waals surface area contributed by atoms with Crippen molar-refractivity contribution in [1.29, 1.82) is 0 Å². The van der Waals surface area contributed by atoms with Gasteiger partial charge >= 0.3 is 5.97 Å². The molecule has 0 saturated carbocycles. The zero-order valence-corrected chi connectivity index (χ0v) is 18.7. The summed E-state index contributed by atoms with van der Waals surface area (Å²) in [7, 11) is 0. The quantitative estimate of drug-likeness (QED) is 0.462. The summed E-state index contributed by atoms with van der Waals surface area (Å²) in [4.78, 5) is 45.3. The van der Waals surface area contributed by atoms with Gasteiger partial charge in [0.25, 0.3) is 5.91 Å². The molecule has 3 aromatic rings. The van der Waals surface area contributed by atoms with Crippen LogP contribution in [0.4, 0.5) is 5.69 Å². The van der Waals surface area contributed by atoms with Crippen molar-refractivity contribution in [3.63, 3.8) is 0 Å². The van der Waals surface area contributed by atoms with E-state index in [0.29, 0.717) is 27.7 Å². The fourth-order valence-corrected chi connectivity index (χ4v) is 3.60. The molecule has 5 N–H and O–H groups in total. The molecule has 0 fully saturated rings. The number of hydrogen-bond donors (Lipinski definition) is 4. The van der Waals surface area contributed by atoms with E-state index in [0.717, 1.165) is 0 Å². The molecule has 8 heteroatoms. The number of carbonyl (C=O) groups excluding carboxylic acids is 2. The summed E-state index contributed by atoms with van der Waals surface area (Å²) < 4.78 is 0. The van der Waals surface area contributed by atoms with E-state index in [9.17, 15) is 19.5 Å². The van der Waals surface area contributed by atoms with Gasteiger partial charge in [-0.3, -0.25) is 9.59 Å². The molecule has 0 bridgehead atoms. The molecule has 0 unspecified atom stereocenters. The van der Waals surface area contributed by atoms with Crippen molar-refractivity contribution >= 4 is 28.5 Å². The summed E-state index contributed by atoms with van der Waals surface area (Å²) in [5.41, 5.74) is -0.233. The van der Waals surface area contributed by atoms with Gasteiger partial charge in [0.15, 0.2) is 0 Å². The number of nitrogens with two attached hydrogens (primary N) is 1. The van der Waals surface area contributed by atoms with Crippen LogP contribution in [0.25, 0.3) is 10.9 Å². The van der Waals surface area contributed by atoms with Gasteiger partial charge in [0.05, 0.1) is 5.41 Å². The van der Waals surface area contributed by atoms with Crippen LogP contribution >= 0.6 is 0 Å². The normalized spacial score (nSPS) is 11.9. The van der Waals surface area contributed by atoms with Gasteiger partial charge < -0.3 is 20.2 Å². The minimum atomic E-state index is -1.23. The molecule has 0 aliphatic rings. The van der Waals surface area contributed by atoms with Crippen molar-refractivity contribution in [2.75, 3.05) is 5.32 Å². The van der Waals surface area contributed by atoms with Gasteiger partial charge in [-0.2, -0.15) is 5.90 Å². The highest BCUT2D eigenvalue weighted by Gasteiger charge is 2.36. The summed E-state index contributed by atoms with van der Waals surface area (Å²) in [5.74, 6) is 3.52. The third-order valence-electron chi connectivity index (χ3n) is 5.52. The Labute approximate surface area is 185 Å². The number of amides is 1. The lowest BCUT2D eigenvalue weighted by Gasteiger charge is -2.28. The van der Waals surface area contributed by atoms with E-state index in [1.54, 1.807) is 44.2 Å². The number of aromatic nitrogens is 1. The molecule has 3 rings (SSSR count). The molecule has 0 aliphatic carbocycles. The Bertz CT molecular complexity index is 1270. The van der Waals surface area contributed by atoms with Crippen LogP contribution in [0.15, 0.2) is 47.4 Å². The monoisotopic (exact) mass is 437 g/mol. The second-order valence-corrected chi connectivity index (χ2v) is 9.23. The van der Waals surface area contributed by atoms with Gasteiger partial charge in [-0.05, 0) is 43.0 Å². The summed E-state index contributed by atoms with van der Waals surface area (Å²) in [5, 5.41) is 13.8. The molecule has 1 amide bonds. The molecule has 168 valence electrons. The van der Waals surface area contributed by atoms with Crippen molar-refractivity contribution in [2.45, 2.75) is 45.4 Å². The topological polar surface area (TPSA) is 135 Å². The number of aromatic hydroxyl groups is 1. The van der Waals surface area contributed by atoms with Gasteiger partial charge in [0.1, 0.15) is 11.3 Å². The summed E-state index contributed by atoms with van der Waals surface area (Å²) in [6.45, 7) is 8.94. The number of rotatable bonds is 4. The molecule has 0 saturated heterocycles. The number of phenolic OH excluding ortho intramolecular Hbond substituents is 1. The van der Waals surface area contributed by atoms with Crippen LogP contribution in [0, 0.1) is 0 Å². The van der Waals surface area contributed by atoms with E-state index >= 15 is 0 Å². The van der Waals surface area contributed by atoms with Crippen molar-refractivity contribution in [1.82, 2.24) is 4.98 Å². The van der Waals surface area contributed by atoms with Crippen LogP contribution < -0.4 is 16.6 Å². The number of phenols is 1. The van der Waals surface area contributed by atoms with Gasteiger partial charge in [0.2, 0.25) is 5.43 Å². The Morgan fingerprint density at radius 3 is 2.34 bits per heavy atom. The molecule has 1 heterocycles. The number of pyridine rings is 1. The predicted molar refractivity (Wildman–Crippen MR) is 123 cm³/mol. The fraction of sp³-hybridized carbons (Fsp3) is 0.292. The second kappa shape index (κ2) is 8.12. The molecular formula is C24H27N3O5. The smallest absolute Gasteiger partial charge is 0.334 e. The van der Waals surface area contributed by atoms with Gasteiger partial charge in [-0.15, -0.1) is 0 Å². The average Bonchev–Trinajstić information content (AvgIpc) is 2.72. The van der Waals surface area contributed by atoms with Crippen molar-refractivity contribution in [3.8, 4) is 5.75 Å². The van der Waals surface area contributed by atoms with Crippen LogP contribution in [-0.4, -0.2) is 22.0 Å². The number of nitrogens with one attached hydrogen (secondary N) is 2. The van der Waals surface area contributed by atoms with Crippen molar-refractivity contribution in [3.05, 3.63) is 69.5 Å². The van der Waals surface area contributed by atoms with Crippen LogP contribution in [0.3, 0.4) is 0 Å². The van der Waals surface area contributed by atoms with Gasteiger partial charge in [-0.25, -0.2) is 4.79 Å². The Morgan fingerprint density at radius 1 is 1.06 bits per heavy atom. The number of para-hydroxylation sites is 1. The zero-order chi connectivity index (χ0) is 23.8. The number of fused-ring (bicyclic) bond motifs is 1. The maximum atomic E-state index is 13.0. The van der Waals surface area contributed by atoms with Gasteiger partial charge in [0, 0.05) is 34.4 Å². The van der Waals surface area contributed by atoms with Crippen LogP contribution in [-0.2, 0) is 20.5 Å². The maximum Gasteiger partial charge on any atom is 0.334 e. The Morgan fingerprint density at radius 2 is 1.72 bits per heavy atom. The average molecular weight is 437 g/mol. The van der Waals surface area contributed by atoms with Crippen molar-refractivity contribution in [2.24, 2.45) is 5.90 Å². The number of aromatic amines is 1. The number of benzene rings is 2. The minimum absolute atomic E-state index is 0.0563. The Kier molecular flexibility index (Phi) is 5.84. The lowest BCUT2D eigenvalue weighted by atomic mass is 9.78. The molecule has 32 heavy (non-hydrogen) atoms. The van der Waals surface area contributed by atoms with Crippen LogP contribution in [0.5, 0.6) is 5.75 Å². The molecule has 1 aromatic heterocycles. The highest BCUT2D eigenvalue weighted by atomic mass is 16.7. The summed E-state index contributed by atoms with van der Waals surface area (Å²) in [6, 6.07) is 9.93. The van der Waals surface area contributed by atoms with Crippen LogP contribution in [0.1, 0.15) is 56.1 Å². The first-order chi connectivity index (χ1) is 14.9. The van der Waals surface area contributed by atoms with E-state index in [4.69, 9.17) is 5.90 Å². The first kappa shape index (κ1) is 23.0. The largest absolute Gasteiger partial charge is 0.508 e. The molecule has 0 spiro atoms. The molecule has 2 aromatic carbocycles. The highest BCUT2D eigenvalue weighted by Crippen LogP contribution is 2.40. The molecule has 0 aliphatic heterocycles. The van der Waals surface area contributed by atoms with E-state index < -0.39 is 28.1 Å². The van der Waals surface area contributed by atoms with E-state index in [1.165, 1.54) is 12.3 Å². The highest BCUT2D eigenvalue weighted by molar-refractivity contribution is 6.06. The Hall–Kier alpha value is -3.65. The first-order valence-electron chi connectivity index (χ1n) is 10.1. The van der Waals surface area contributed by atoms with E-state index in [2.05, 4.69) is 15.1 Å². The predicted octanol–water partition coefficient (Wildman–Crippen LogP) is 3.48.